The largest absolute Gasteiger partial charge is 0.451 e. The van der Waals surface area contributed by atoms with Crippen LogP contribution in [-0.2, 0) is 6.18 Å². The number of nitrogens with zero attached hydrogens (tertiary/aromatic N) is 2. The monoisotopic (exact) mass is 225 g/mol. The predicted molar refractivity (Wildman–Crippen MR) is 33.6 cm³/mol. The maximum Gasteiger partial charge on any atom is 0.451 e. The third-order valence-corrected chi connectivity index (χ3v) is 1.23. The fraction of sp³-hybridized carbons (Fsp3) is 0.200. The number of halogens is 4. The molecule has 1 radical (unpaired) electrons. The first kappa shape index (κ1) is 8.45. The quantitative estimate of drug-likeness (QED) is 0.632. The second-order valence-electron chi connectivity index (χ2n) is 1.64. The molecule has 1 aromatic heterocycles. The molecule has 0 aromatic carbocycles. The van der Waals surface area contributed by atoms with Crippen LogP contribution >= 0.6 is 15.9 Å². The van der Waals surface area contributed by atoms with Crippen molar-refractivity contribution in [3.63, 3.8) is 0 Å². The van der Waals surface area contributed by atoms with Crippen LogP contribution in [0.15, 0.2) is 10.7 Å². The average Bonchev–Trinajstić information content (AvgIpc) is 1.86. The maximum absolute atomic E-state index is 11.8. The Kier molecular flexibility index (Phi) is 2.12. The van der Waals surface area contributed by atoms with Crippen LogP contribution in [0.25, 0.3) is 0 Å². The van der Waals surface area contributed by atoms with Crippen molar-refractivity contribution < 1.29 is 13.2 Å². The van der Waals surface area contributed by atoms with Gasteiger partial charge in [0.05, 0.1) is 6.20 Å². The van der Waals surface area contributed by atoms with Crippen molar-refractivity contribution in [2.45, 2.75) is 6.18 Å². The Morgan fingerprint density at radius 1 is 1.45 bits per heavy atom. The van der Waals surface area contributed by atoms with Crippen LogP contribution in [0, 0.1) is 6.20 Å². The van der Waals surface area contributed by atoms with Gasteiger partial charge in [0, 0.05) is 0 Å². The summed E-state index contributed by atoms with van der Waals surface area (Å²) in [7, 11) is 0. The topological polar surface area (TPSA) is 25.8 Å². The number of aromatic nitrogens is 2. The minimum absolute atomic E-state index is 0.0693. The van der Waals surface area contributed by atoms with Gasteiger partial charge in [0.1, 0.15) is 4.60 Å². The highest BCUT2D eigenvalue weighted by Crippen LogP contribution is 2.26. The van der Waals surface area contributed by atoms with E-state index in [1.54, 1.807) is 0 Å². The highest BCUT2D eigenvalue weighted by atomic mass is 79.9. The van der Waals surface area contributed by atoms with Gasteiger partial charge in [-0.3, -0.25) is 0 Å². The molecule has 0 saturated carbocycles. The van der Waals surface area contributed by atoms with Gasteiger partial charge in [0.25, 0.3) is 0 Å². The summed E-state index contributed by atoms with van der Waals surface area (Å²) >= 11 is 2.77. The molecular weight excluding hydrogens is 225 g/mol. The van der Waals surface area contributed by atoms with Crippen molar-refractivity contribution in [2.24, 2.45) is 0 Å². The first-order valence-corrected chi connectivity index (χ1v) is 3.27. The number of alkyl halides is 3. The fourth-order valence-electron chi connectivity index (χ4n) is 0.432. The third-order valence-electron chi connectivity index (χ3n) is 0.820. The lowest BCUT2D eigenvalue weighted by molar-refractivity contribution is -0.145. The Balaban J connectivity index is 3.06. The van der Waals surface area contributed by atoms with E-state index in [9.17, 15) is 13.2 Å². The number of hydrogen-bond acceptors (Lipinski definition) is 2. The molecule has 0 bridgehead atoms. The van der Waals surface area contributed by atoms with E-state index < -0.39 is 12.0 Å². The molecule has 1 rings (SSSR count). The van der Waals surface area contributed by atoms with Crippen molar-refractivity contribution in [3.8, 4) is 0 Å². The molecular formula is C5HBrF3N2. The van der Waals surface area contributed by atoms with Gasteiger partial charge in [-0.05, 0) is 22.0 Å². The van der Waals surface area contributed by atoms with E-state index in [0.717, 1.165) is 0 Å². The first-order chi connectivity index (χ1) is 5.00. The van der Waals surface area contributed by atoms with Crippen LogP contribution in [0.3, 0.4) is 0 Å². The van der Waals surface area contributed by atoms with Gasteiger partial charge >= 0.3 is 6.18 Å². The van der Waals surface area contributed by atoms with E-state index in [1.165, 1.54) is 6.07 Å². The molecule has 0 saturated heterocycles. The van der Waals surface area contributed by atoms with Crippen molar-refractivity contribution in [1.82, 2.24) is 9.97 Å². The van der Waals surface area contributed by atoms with Crippen LogP contribution in [0.5, 0.6) is 0 Å². The molecule has 0 fully saturated rings. The molecule has 1 aromatic rings. The molecule has 2 nitrogen and oxygen atoms in total. The Labute approximate surface area is 68.6 Å². The fourth-order valence-corrected chi connectivity index (χ4v) is 0.702. The lowest BCUT2D eigenvalue weighted by Crippen LogP contribution is -2.10. The summed E-state index contributed by atoms with van der Waals surface area (Å²) < 4.78 is 35.5. The molecule has 0 spiro atoms. The van der Waals surface area contributed by atoms with Gasteiger partial charge in [-0.15, -0.1) is 0 Å². The van der Waals surface area contributed by atoms with Crippen molar-refractivity contribution in [2.75, 3.05) is 0 Å². The highest BCUT2D eigenvalue weighted by molar-refractivity contribution is 9.10. The summed E-state index contributed by atoms with van der Waals surface area (Å²) in [4.78, 5) is 6.01. The van der Waals surface area contributed by atoms with Crippen LogP contribution in [-0.4, -0.2) is 9.97 Å². The Hall–Kier alpha value is -0.650. The smallest absolute Gasteiger partial charge is 0.223 e. The zero-order valence-corrected chi connectivity index (χ0v) is 6.57. The number of rotatable bonds is 0. The molecule has 6 heteroatoms. The molecule has 0 unspecified atom stereocenters. The van der Waals surface area contributed by atoms with Gasteiger partial charge in [-0.1, -0.05) is 0 Å². The molecule has 59 valence electrons. The summed E-state index contributed by atoms with van der Waals surface area (Å²) in [5.41, 5.74) is 0. The predicted octanol–water partition coefficient (Wildman–Crippen LogP) is 2.06. The molecule has 0 N–H and O–H groups in total. The first-order valence-electron chi connectivity index (χ1n) is 2.48. The van der Waals surface area contributed by atoms with Gasteiger partial charge < -0.3 is 0 Å². The number of hydrogen-bond donors (Lipinski definition) is 0. The van der Waals surface area contributed by atoms with Gasteiger partial charge in [-0.25, -0.2) is 9.97 Å². The van der Waals surface area contributed by atoms with Gasteiger partial charge in [-0.2, -0.15) is 13.2 Å². The van der Waals surface area contributed by atoms with Crippen LogP contribution in [0.2, 0.25) is 0 Å². The van der Waals surface area contributed by atoms with E-state index >= 15 is 0 Å². The lowest BCUT2D eigenvalue weighted by Gasteiger charge is -2.02. The second-order valence-corrected chi connectivity index (χ2v) is 2.45. The average molecular weight is 226 g/mol. The van der Waals surface area contributed by atoms with E-state index in [4.69, 9.17) is 0 Å². The zero-order chi connectivity index (χ0) is 8.48. The molecule has 1 heterocycles. The van der Waals surface area contributed by atoms with Crippen molar-refractivity contribution >= 4 is 15.9 Å². The van der Waals surface area contributed by atoms with Gasteiger partial charge in [0.15, 0.2) is 0 Å². The normalized spacial score (nSPS) is 11.6. The SMILES string of the molecule is FC(F)(F)c1n[c]cc(Br)n1. The Morgan fingerprint density at radius 3 is 2.45 bits per heavy atom. The summed E-state index contributed by atoms with van der Waals surface area (Å²) in [5.74, 6) is -1.19. The summed E-state index contributed by atoms with van der Waals surface area (Å²) in [6.07, 6.45) is -2.44. The Morgan fingerprint density at radius 2 is 2.09 bits per heavy atom. The van der Waals surface area contributed by atoms with Crippen LogP contribution in [0.1, 0.15) is 5.82 Å². The van der Waals surface area contributed by atoms with Crippen molar-refractivity contribution in [1.29, 1.82) is 0 Å². The van der Waals surface area contributed by atoms with Crippen molar-refractivity contribution in [3.05, 3.63) is 22.7 Å². The molecule has 11 heavy (non-hydrogen) atoms. The molecule has 0 atom stereocenters. The lowest BCUT2D eigenvalue weighted by atomic mass is 10.5. The second kappa shape index (κ2) is 2.77. The highest BCUT2D eigenvalue weighted by Gasteiger charge is 2.34. The molecule has 0 aliphatic carbocycles. The maximum atomic E-state index is 11.8. The third kappa shape index (κ3) is 2.14. The minimum Gasteiger partial charge on any atom is -0.223 e. The van der Waals surface area contributed by atoms with E-state index in [1.807, 2.05) is 0 Å². The molecule has 0 amide bonds. The van der Waals surface area contributed by atoms with E-state index in [0.29, 0.717) is 0 Å². The summed E-state index contributed by atoms with van der Waals surface area (Å²) in [6.45, 7) is 0. The summed E-state index contributed by atoms with van der Waals surface area (Å²) in [5, 5.41) is 0. The summed E-state index contributed by atoms with van der Waals surface area (Å²) in [6, 6.07) is 1.20. The zero-order valence-electron chi connectivity index (χ0n) is 4.98. The van der Waals surface area contributed by atoms with E-state index in [-0.39, 0.29) is 4.60 Å². The molecule has 0 aliphatic heterocycles. The Bertz CT molecular complexity index is 260. The van der Waals surface area contributed by atoms with E-state index in [2.05, 4.69) is 32.1 Å². The minimum atomic E-state index is -4.50. The van der Waals surface area contributed by atoms with Crippen LogP contribution < -0.4 is 0 Å². The van der Waals surface area contributed by atoms with Gasteiger partial charge in [0.2, 0.25) is 5.82 Å². The standard InChI is InChI=1S/C5HBrF3N2/c6-3-1-2-10-4(11-3)5(7,8)9/h1H. The molecule has 0 aliphatic rings. The van der Waals surface area contributed by atoms with Crippen LogP contribution in [0.4, 0.5) is 13.2 Å².